The standard InChI is InChI=1S/C8H13NO3S/c1-4-7-5(6(3-10)11-4)2-9-8(13)12-7/h4-7,10H,2-3H2,1H3,(H,9,13)/t4-,5?,6+,7?/m0/s1. The van der Waals surface area contributed by atoms with Gasteiger partial charge in [0.1, 0.15) is 6.10 Å². The van der Waals surface area contributed by atoms with Crippen LogP contribution in [0.4, 0.5) is 0 Å². The summed E-state index contributed by atoms with van der Waals surface area (Å²) in [5.74, 6) is 0.215. The molecule has 0 aromatic rings. The molecule has 4 atom stereocenters. The predicted molar refractivity (Wildman–Crippen MR) is 50.4 cm³/mol. The van der Waals surface area contributed by atoms with Crippen molar-refractivity contribution >= 4 is 17.4 Å². The van der Waals surface area contributed by atoms with Gasteiger partial charge in [0.25, 0.3) is 5.17 Å². The molecule has 0 radical (unpaired) electrons. The van der Waals surface area contributed by atoms with Crippen molar-refractivity contribution in [2.24, 2.45) is 5.92 Å². The monoisotopic (exact) mass is 203 g/mol. The van der Waals surface area contributed by atoms with Crippen LogP contribution in [0.25, 0.3) is 0 Å². The zero-order valence-corrected chi connectivity index (χ0v) is 8.21. The van der Waals surface area contributed by atoms with Crippen molar-refractivity contribution in [3.63, 3.8) is 0 Å². The maximum absolute atomic E-state index is 9.05. The Morgan fingerprint density at radius 3 is 3.15 bits per heavy atom. The van der Waals surface area contributed by atoms with E-state index in [0.717, 1.165) is 6.54 Å². The van der Waals surface area contributed by atoms with E-state index in [1.54, 1.807) is 0 Å². The van der Waals surface area contributed by atoms with Gasteiger partial charge in [-0.05, 0) is 19.1 Å². The van der Waals surface area contributed by atoms with Gasteiger partial charge in [-0.2, -0.15) is 0 Å². The highest BCUT2D eigenvalue weighted by atomic mass is 32.1. The molecule has 2 aliphatic heterocycles. The summed E-state index contributed by atoms with van der Waals surface area (Å²) in [6.45, 7) is 2.73. The van der Waals surface area contributed by atoms with Crippen LogP contribution in [0.3, 0.4) is 0 Å². The molecule has 4 nitrogen and oxygen atoms in total. The summed E-state index contributed by atoms with van der Waals surface area (Å²) in [5, 5.41) is 12.4. The van der Waals surface area contributed by atoms with Crippen molar-refractivity contribution in [3.05, 3.63) is 0 Å². The first-order valence-electron chi connectivity index (χ1n) is 4.43. The van der Waals surface area contributed by atoms with Crippen molar-refractivity contribution in [1.29, 1.82) is 0 Å². The Morgan fingerprint density at radius 2 is 2.46 bits per heavy atom. The Hall–Kier alpha value is -0.390. The molecule has 0 amide bonds. The van der Waals surface area contributed by atoms with Crippen LogP contribution < -0.4 is 5.32 Å². The van der Waals surface area contributed by atoms with Crippen molar-refractivity contribution < 1.29 is 14.6 Å². The summed E-state index contributed by atoms with van der Waals surface area (Å²) < 4.78 is 11.0. The van der Waals surface area contributed by atoms with Crippen LogP contribution in [0.15, 0.2) is 0 Å². The second-order valence-electron chi connectivity index (χ2n) is 3.48. The highest BCUT2D eigenvalue weighted by molar-refractivity contribution is 7.80. The van der Waals surface area contributed by atoms with E-state index < -0.39 is 0 Å². The summed E-state index contributed by atoms with van der Waals surface area (Å²) >= 11 is 4.91. The van der Waals surface area contributed by atoms with E-state index in [4.69, 9.17) is 26.8 Å². The normalized spacial score (nSPS) is 43.7. The summed E-state index contributed by atoms with van der Waals surface area (Å²) in [6, 6.07) is 0. The molecule has 0 saturated carbocycles. The van der Waals surface area contributed by atoms with Crippen molar-refractivity contribution in [2.45, 2.75) is 25.2 Å². The predicted octanol–water partition coefficient (Wildman–Crippen LogP) is -0.344. The Kier molecular flexibility index (Phi) is 2.40. The Bertz CT molecular complexity index is 223. The third-order valence-electron chi connectivity index (χ3n) is 2.66. The van der Waals surface area contributed by atoms with Crippen molar-refractivity contribution in [3.8, 4) is 0 Å². The van der Waals surface area contributed by atoms with Crippen LogP contribution in [-0.2, 0) is 9.47 Å². The lowest BCUT2D eigenvalue weighted by Gasteiger charge is -2.29. The van der Waals surface area contributed by atoms with Crippen LogP contribution in [0.2, 0.25) is 0 Å². The van der Waals surface area contributed by atoms with Crippen LogP contribution in [0.1, 0.15) is 6.92 Å². The maximum atomic E-state index is 9.05. The summed E-state index contributed by atoms with van der Waals surface area (Å²) in [4.78, 5) is 0. The van der Waals surface area contributed by atoms with E-state index in [1.807, 2.05) is 6.92 Å². The minimum absolute atomic E-state index is 0.00546. The second-order valence-corrected chi connectivity index (χ2v) is 3.85. The summed E-state index contributed by atoms with van der Waals surface area (Å²) in [5.41, 5.74) is 0. The lowest BCUT2D eigenvalue weighted by atomic mass is 9.96. The average Bonchev–Trinajstić information content (AvgIpc) is 2.43. The fraction of sp³-hybridized carbons (Fsp3) is 0.875. The molecule has 2 rings (SSSR count). The molecule has 0 aliphatic carbocycles. The highest BCUT2D eigenvalue weighted by Crippen LogP contribution is 2.30. The number of aliphatic hydroxyl groups is 1. The van der Waals surface area contributed by atoms with E-state index in [2.05, 4.69) is 5.32 Å². The van der Waals surface area contributed by atoms with Gasteiger partial charge in [0.2, 0.25) is 0 Å². The first-order valence-corrected chi connectivity index (χ1v) is 4.84. The SMILES string of the molecule is C[C@@H]1O[C@H](CO)C2CNC(=S)OC21. The molecule has 2 N–H and O–H groups in total. The average molecular weight is 203 g/mol. The number of hydrogen-bond acceptors (Lipinski definition) is 4. The highest BCUT2D eigenvalue weighted by Gasteiger charge is 2.45. The largest absolute Gasteiger partial charge is 0.465 e. The first-order chi connectivity index (χ1) is 6.22. The molecular formula is C8H13NO3S. The van der Waals surface area contributed by atoms with Gasteiger partial charge in [-0.15, -0.1) is 0 Å². The van der Waals surface area contributed by atoms with Gasteiger partial charge in [0.05, 0.1) is 18.8 Å². The molecule has 74 valence electrons. The molecule has 0 spiro atoms. The van der Waals surface area contributed by atoms with E-state index >= 15 is 0 Å². The first kappa shape index (κ1) is 9.18. The van der Waals surface area contributed by atoms with E-state index in [0.29, 0.717) is 5.17 Å². The van der Waals surface area contributed by atoms with Gasteiger partial charge in [-0.1, -0.05) is 0 Å². The summed E-state index contributed by atoms with van der Waals surface area (Å²) in [6.07, 6.45) is -0.0938. The van der Waals surface area contributed by atoms with E-state index in [9.17, 15) is 0 Å². The van der Waals surface area contributed by atoms with Gasteiger partial charge in [-0.25, -0.2) is 0 Å². The summed E-state index contributed by atoms with van der Waals surface area (Å²) in [7, 11) is 0. The van der Waals surface area contributed by atoms with Gasteiger partial charge >= 0.3 is 0 Å². The lowest BCUT2D eigenvalue weighted by molar-refractivity contribution is 0.00105. The van der Waals surface area contributed by atoms with Crippen LogP contribution >= 0.6 is 12.2 Å². The maximum Gasteiger partial charge on any atom is 0.257 e. The zero-order valence-electron chi connectivity index (χ0n) is 7.40. The smallest absolute Gasteiger partial charge is 0.257 e. The number of hydrogen-bond donors (Lipinski definition) is 2. The molecule has 0 aromatic carbocycles. The Balaban J connectivity index is 2.09. The Labute approximate surface area is 82.2 Å². The third kappa shape index (κ3) is 1.51. The molecule has 13 heavy (non-hydrogen) atoms. The minimum Gasteiger partial charge on any atom is -0.465 e. The third-order valence-corrected chi connectivity index (χ3v) is 2.90. The molecule has 2 aliphatic rings. The van der Waals surface area contributed by atoms with E-state index in [-0.39, 0.29) is 30.8 Å². The van der Waals surface area contributed by atoms with Crippen LogP contribution in [-0.4, -0.2) is 41.7 Å². The van der Waals surface area contributed by atoms with Crippen LogP contribution in [0, 0.1) is 5.92 Å². The van der Waals surface area contributed by atoms with Gasteiger partial charge in [0.15, 0.2) is 0 Å². The quantitative estimate of drug-likeness (QED) is 0.571. The molecule has 2 heterocycles. The van der Waals surface area contributed by atoms with Crippen molar-refractivity contribution in [1.82, 2.24) is 5.32 Å². The number of nitrogens with one attached hydrogen (secondary N) is 1. The molecule has 5 heteroatoms. The fourth-order valence-electron chi connectivity index (χ4n) is 1.99. The van der Waals surface area contributed by atoms with Crippen LogP contribution in [0.5, 0.6) is 0 Å². The minimum atomic E-state index is -0.115. The van der Waals surface area contributed by atoms with Crippen molar-refractivity contribution in [2.75, 3.05) is 13.2 Å². The number of rotatable bonds is 1. The zero-order chi connectivity index (χ0) is 9.42. The molecule has 2 unspecified atom stereocenters. The topological polar surface area (TPSA) is 50.7 Å². The molecule has 0 bridgehead atoms. The van der Waals surface area contributed by atoms with Gasteiger partial charge in [-0.3, -0.25) is 0 Å². The number of aliphatic hydroxyl groups excluding tert-OH is 1. The number of thiocarbonyl (C=S) groups is 1. The van der Waals surface area contributed by atoms with Gasteiger partial charge in [0, 0.05) is 12.5 Å². The van der Waals surface area contributed by atoms with Gasteiger partial charge < -0.3 is 19.9 Å². The second kappa shape index (κ2) is 3.40. The Morgan fingerprint density at radius 1 is 1.69 bits per heavy atom. The lowest BCUT2D eigenvalue weighted by Crippen LogP contribution is -2.48. The molecule has 0 aromatic heterocycles. The molecular weight excluding hydrogens is 190 g/mol. The van der Waals surface area contributed by atoms with E-state index in [1.165, 1.54) is 0 Å². The fourth-order valence-corrected chi connectivity index (χ4v) is 2.18. The number of fused-ring (bicyclic) bond motifs is 1. The molecule has 2 fully saturated rings. The number of ether oxygens (including phenoxy) is 2. The molecule has 2 saturated heterocycles.